The summed E-state index contributed by atoms with van der Waals surface area (Å²) in [5.41, 5.74) is 0.600. The van der Waals surface area contributed by atoms with Crippen LogP contribution in [-0.2, 0) is 21.9 Å². The molecule has 1 heterocycles. The molecule has 0 N–H and O–H groups in total. The van der Waals surface area contributed by atoms with Crippen LogP contribution in [0.5, 0.6) is 0 Å². The smallest absolute Gasteiger partial charge is 0.236 e. The van der Waals surface area contributed by atoms with E-state index in [9.17, 15) is 8.42 Å². The van der Waals surface area contributed by atoms with E-state index < -0.39 is 9.05 Å². The van der Waals surface area contributed by atoms with Crippen molar-refractivity contribution in [3.05, 3.63) is 18.0 Å². The molecule has 0 spiro atoms. The summed E-state index contributed by atoms with van der Waals surface area (Å²) in [5.74, 6) is -0.164. The van der Waals surface area contributed by atoms with Crippen LogP contribution in [0.3, 0.4) is 0 Å². The Morgan fingerprint density at radius 3 is 2.73 bits per heavy atom. The van der Waals surface area contributed by atoms with Crippen molar-refractivity contribution in [2.45, 2.75) is 5.75 Å². The molecule has 4 nitrogen and oxygen atoms in total. The van der Waals surface area contributed by atoms with Gasteiger partial charge in [-0.25, -0.2) is 8.42 Å². The van der Waals surface area contributed by atoms with Gasteiger partial charge in [-0.3, -0.25) is 4.68 Å². The molecule has 0 saturated carbocycles. The molecule has 0 fully saturated rings. The molecular formula is C5H7ClN2O2S. The fraction of sp³-hybridized carbons (Fsp3) is 0.400. The predicted molar refractivity (Wildman–Crippen MR) is 41.7 cm³/mol. The molecule has 0 saturated heterocycles. The summed E-state index contributed by atoms with van der Waals surface area (Å²) >= 11 is 0. The molecule has 6 heteroatoms. The molecule has 1 rings (SSSR count). The zero-order valence-corrected chi connectivity index (χ0v) is 7.43. The van der Waals surface area contributed by atoms with Crippen molar-refractivity contribution < 1.29 is 8.42 Å². The normalized spacial score (nSPS) is 11.8. The van der Waals surface area contributed by atoms with E-state index in [0.717, 1.165) is 0 Å². The Labute approximate surface area is 69.2 Å². The Morgan fingerprint density at radius 2 is 2.36 bits per heavy atom. The second kappa shape index (κ2) is 2.83. The second-order valence-corrected chi connectivity index (χ2v) is 4.98. The van der Waals surface area contributed by atoms with E-state index in [1.807, 2.05) is 0 Å². The summed E-state index contributed by atoms with van der Waals surface area (Å²) in [6, 6.07) is 0. The number of aryl methyl sites for hydroxylation is 1. The first kappa shape index (κ1) is 8.55. The fourth-order valence-electron chi connectivity index (χ4n) is 0.745. The van der Waals surface area contributed by atoms with Gasteiger partial charge in [-0.15, -0.1) is 0 Å². The average Bonchev–Trinajstić information content (AvgIpc) is 2.10. The number of rotatable bonds is 2. The van der Waals surface area contributed by atoms with Gasteiger partial charge in [0.05, 0.1) is 11.9 Å². The van der Waals surface area contributed by atoms with Crippen LogP contribution in [0.4, 0.5) is 0 Å². The molecule has 0 aliphatic carbocycles. The van der Waals surface area contributed by atoms with Gasteiger partial charge in [-0.1, -0.05) is 0 Å². The molecule has 62 valence electrons. The van der Waals surface area contributed by atoms with Crippen LogP contribution in [0.2, 0.25) is 0 Å². The second-order valence-electron chi connectivity index (χ2n) is 2.21. The molecule has 0 radical (unpaired) electrons. The first-order chi connectivity index (χ1) is 4.97. The van der Waals surface area contributed by atoms with E-state index in [0.29, 0.717) is 5.56 Å². The third-order valence-corrected chi connectivity index (χ3v) is 2.10. The van der Waals surface area contributed by atoms with Gasteiger partial charge in [0.25, 0.3) is 0 Å². The van der Waals surface area contributed by atoms with Gasteiger partial charge in [-0.2, -0.15) is 5.10 Å². The van der Waals surface area contributed by atoms with Crippen molar-refractivity contribution in [3.63, 3.8) is 0 Å². The van der Waals surface area contributed by atoms with Crippen LogP contribution in [0.25, 0.3) is 0 Å². The Bertz CT molecular complexity index is 343. The number of nitrogens with zero attached hydrogens (tertiary/aromatic N) is 2. The quantitative estimate of drug-likeness (QED) is 0.644. The highest BCUT2D eigenvalue weighted by molar-refractivity contribution is 8.13. The Balaban J connectivity index is 2.81. The highest BCUT2D eigenvalue weighted by atomic mass is 35.7. The number of hydrogen-bond acceptors (Lipinski definition) is 3. The minimum atomic E-state index is -3.44. The molecule has 0 bridgehead atoms. The van der Waals surface area contributed by atoms with Crippen LogP contribution < -0.4 is 0 Å². The monoisotopic (exact) mass is 194 g/mol. The maximum Gasteiger partial charge on any atom is 0.236 e. The van der Waals surface area contributed by atoms with Crippen LogP contribution >= 0.6 is 10.7 Å². The van der Waals surface area contributed by atoms with Crippen LogP contribution in [0, 0.1) is 0 Å². The van der Waals surface area contributed by atoms with E-state index in [1.54, 1.807) is 13.2 Å². The standard InChI is InChI=1S/C5H7ClN2O2S/c1-8-3-5(2-7-8)4-11(6,9)10/h2-3H,4H2,1H3. The van der Waals surface area contributed by atoms with Gasteiger partial charge in [0, 0.05) is 29.5 Å². The van der Waals surface area contributed by atoms with Crippen molar-refractivity contribution in [3.8, 4) is 0 Å². The molecule has 1 aromatic rings. The van der Waals surface area contributed by atoms with E-state index in [-0.39, 0.29) is 5.75 Å². The molecule has 1 aromatic heterocycles. The van der Waals surface area contributed by atoms with Crippen LogP contribution in [0.15, 0.2) is 12.4 Å². The third kappa shape index (κ3) is 2.90. The van der Waals surface area contributed by atoms with E-state index in [2.05, 4.69) is 5.10 Å². The summed E-state index contributed by atoms with van der Waals surface area (Å²) in [7, 11) is 3.28. The van der Waals surface area contributed by atoms with E-state index >= 15 is 0 Å². The van der Waals surface area contributed by atoms with Gasteiger partial charge in [-0.05, 0) is 0 Å². The van der Waals surface area contributed by atoms with Crippen LogP contribution in [0.1, 0.15) is 5.56 Å². The lowest BCUT2D eigenvalue weighted by molar-refractivity contribution is 0.609. The molecule has 0 amide bonds. The van der Waals surface area contributed by atoms with Gasteiger partial charge in [0.15, 0.2) is 0 Å². The number of halogens is 1. The van der Waals surface area contributed by atoms with Crippen molar-refractivity contribution in [2.75, 3.05) is 0 Å². The van der Waals surface area contributed by atoms with Gasteiger partial charge in [0.2, 0.25) is 9.05 Å². The molecule has 0 aliphatic heterocycles. The topological polar surface area (TPSA) is 52.0 Å². The lowest BCUT2D eigenvalue weighted by Crippen LogP contribution is -1.93. The lowest BCUT2D eigenvalue weighted by atomic mass is 10.4. The van der Waals surface area contributed by atoms with E-state index in [4.69, 9.17) is 10.7 Å². The summed E-state index contributed by atoms with van der Waals surface area (Å²) in [4.78, 5) is 0. The largest absolute Gasteiger partial charge is 0.276 e. The maximum atomic E-state index is 10.5. The summed E-state index contributed by atoms with van der Waals surface area (Å²) < 4.78 is 22.6. The minimum Gasteiger partial charge on any atom is -0.276 e. The lowest BCUT2D eigenvalue weighted by Gasteiger charge is -1.88. The van der Waals surface area contributed by atoms with Crippen molar-refractivity contribution in [2.24, 2.45) is 7.05 Å². The van der Waals surface area contributed by atoms with Gasteiger partial charge in [0.1, 0.15) is 0 Å². The van der Waals surface area contributed by atoms with E-state index in [1.165, 1.54) is 10.9 Å². The molecule has 0 aromatic carbocycles. The molecule has 0 atom stereocenters. The zero-order chi connectivity index (χ0) is 8.48. The van der Waals surface area contributed by atoms with Crippen molar-refractivity contribution in [1.29, 1.82) is 0 Å². The SMILES string of the molecule is Cn1cc(CS(=O)(=O)Cl)cn1. The molecular weight excluding hydrogens is 188 g/mol. The molecule has 11 heavy (non-hydrogen) atoms. The number of hydrogen-bond donors (Lipinski definition) is 0. The average molecular weight is 195 g/mol. The highest BCUT2D eigenvalue weighted by Gasteiger charge is 2.07. The summed E-state index contributed by atoms with van der Waals surface area (Å²) in [6.45, 7) is 0. The third-order valence-electron chi connectivity index (χ3n) is 1.10. The maximum absolute atomic E-state index is 10.5. The first-order valence-electron chi connectivity index (χ1n) is 2.87. The highest BCUT2D eigenvalue weighted by Crippen LogP contribution is 2.07. The fourth-order valence-corrected chi connectivity index (χ4v) is 1.67. The zero-order valence-electron chi connectivity index (χ0n) is 5.86. The van der Waals surface area contributed by atoms with Crippen LogP contribution in [-0.4, -0.2) is 18.2 Å². The van der Waals surface area contributed by atoms with Gasteiger partial charge >= 0.3 is 0 Å². The molecule has 0 unspecified atom stereocenters. The molecule has 0 aliphatic rings. The Morgan fingerprint density at radius 1 is 1.73 bits per heavy atom. The number of aromatic nitrogens is 2. The Hall–Kier alpha value is -0.550. The first-order valence-corrected chi connectivity index (χ1v) is 5.35. The summed E-state index contributed by atoms with van der Waals surface area (Å²) in [5, 5.41) is 3.79. The summed E-state index contributed by atoms with van der Waals surface area (Å²) in [6.07, 6.45) is 3.08. The minimum absolute atomic E-state index is 0.164. The van der Waals surface area contributed by atoms with Crippen molar-refractivity contribution in [1.82, 2.24) is 9.78 Å². The van der Waals surface area contributed by atoms with Crippen molar-refractivity contribution >= 4 is 19.7 Å². The Kier molecular flexibility index (Phi) is 2.20. The van der Waals surface area contributed by atoms with Gasteiger partial charge < -0.3 is 0 Å². The predicted octanol–water partition coefficient (Wildman–Crippen LogP) is 0.489.